The minimum Gasteiger partial charge on any atom is -0.495 e. The molecule has 2 aromatic carbocycles. The van der Waals surface area contributed by atoms with Crippen LogP contribution in [0.15, 0.2) is 48.5 Å². The predicted octanol–water partition coefficient (Wildman–Crippen LogP) is 3.34. The molecule has 0 aliphatic rings. The van der Waals surface area contributed by atoms with E-state index in [4.69, 9.17) is 16.3 Å². The van der Waals surface area contributed by atoms with E-state index in [9.17, 15) is 19.2 Å². The number of ketones is 1. The summed E-state index contributed by atoms with van der Waals surface area (Å²) in [5.41, 5.74) is 1.52. The van der Waals surface area contributed by atoms with Crippen molar-refractivity contribution in [3.05, 3.63) is 64.7 Å². The quantitative estimate of drug-likeness (QED) is 0.295. The summed E-state index contributed by atoms with van der Waals surface area (Å²) >= 11 is 6.10. The van der Waals surface area contributed by atoms with Crippen molar-refractivity contribution in [2.75, 3.05) is 7.11 Å². The molecule has 37 heavy (non-hydrogen) atoms. The standard InChI is InChI=1S/C27H35ClN4O5/c1-5-21(23(33)26(35)29-16-19-12-9-13-20(28)24(19)37-4)31-25(34)22(14-17(2)3)32-27(36)30-15-18-10-7-6-8-11-18/h6-13,17,21-22H,5,14-16H2,1-4H3,(H,29,35)(H,31,34)(H2,30,32,36)/t21-,22-/m0/s1. The van der Waals surface area contributed by atoms with E-state index in [2.05, 4.69) is 21.3 Å². The van der Waals surface area contributed by atoms with Gasteiger partial charge in [-0.1, -0.05) is 74.8 Å². The topological polar surface area (TPSA) is 126 Å². The van der Waals surface area contributed by atoms with Gasteiger partial charge in [-0.15, -0.1) is 0 Å². The monoisotopic (exact) mass is 530 g/mol. The van der Waals surface area contributed by atoms with E-state index in [-0.39, 0.29) is 18.9 Å². The largest absolute Gasteiger partial charge is 0.495 e. The van der Waals surface area contributed by atoms with E-state index in [0.717, 1.165) is 5.56 Å². The minimum atomic E-state index is -1.04. The Morgan fingerprint density at radius 1 is 0.892 bits per heavy atom. The number of carbonyl (C=O) groups is 4. The van der Waals surface area contributed by atoms with Gasteiger partial charge in [-0.25, -0.2) is 4.79 Å². The van der Waals surface area contributed by atoms with Gasteiger partial charge < -0.3 is 26.0 Å². The van der Waals surface area contributed by atoms with Gasteiger partial charge in [-0.3, -0.25) is 14.4 Å². The van der Waals surface area contributed by atoms with Gasteiger partial charge in [0, 0.05) is 18.7 Å². The molecular weight excluding hydrogens is 496 g/mol. The van der Waals surface area contributed by atoms with Crippen molar-refractivity contribution in [3.8, 4) is 5.75 Å². The fraction of sp³-hybridized carbons (Fsp3) is 0.407. The second-order valence-corrected chi connectivity index (χ2v) is 9.35. The lowest BCUT2D eigenvalue weighted by Gasteiger charge is -2.23. The summed E-state index contributed by atoms with van der Waals surface area (Å²) in [5, 5.41) is 11.0. The molecule has 4 amide bonds. The average Bonchev–Trinajstić information content (AvgIpc) is 2.88. The van der Waals surface area contributed by atoms with Crippen LogP contribution in [-0.4, -0.2) is 42.8 Å². The Morgan fingerprint density at radius 2 is 1.59 bits per heavy atom. The fourth-order valence-electron chi connectivity index (χ4n) is 3.66. The fourth-order valence-corrected chi connectivity index (χ4v) is 3.93. The van der Waals surface area contributed by atoms with Gasteiger partial charge in [-0.2, -0.15) is 0 Å². The molecule has 0 radical (unpaired) electrons. The highest BCUT2D eigenvalue weighted by Crippen LogP contribution is 2.28. The molecule has 0 fully saturated rings. The van der Waals surface area contributed by atoms with Crippen LogP contribution in [0.25, 0.3) is 0 Å². The number of hydrogen-bond acceptors (Lipinski definition) is 5. The maximum absolute atomic E-state index is 13.0. The Hall–Kier alpha value is -3.59. The summed E-state index contributed by atoms with van der Waals surface area (Å²) in [4.78, 5) is 50.8. The first-order valence-corrected chi connectivity index (χ1v) is 12.6. The Bertz CT molecular complexity index is 1080. The van der Waals surface area contributed by atoms with E-state index >= 15 is 0 Å². The molecule has 0 spiro atoms. The molecule has 0 saturated carbocycles. The third-order valence-corrected chi connectivity index (χ3v) is 5.88. The van der Waals surface area contributed by atoms with Crippen LogP contribution in [0.1, 0.15) is 44.7 Å². The molecule has 0 aliphatic heterocycles. The van der Waals surface area contributed by atoms with E-state index < -0.39 is 35.7 Å². The molecule has 9 nitrogen and oxygen atoms in total. The zero-order valence-corrected chi connectivity index (χ0v) is 22.4. The molecule has 0 unspecified atom stereocenters. The van der Waals surface area contributed by atoms with Crippen LogP contribution in [0.4, 0.5) is 4.79 Å². The third-order valence-electron chi connectivity index (χ3n) is 5.58. The Kier molecular flexibility index (Phi) is 11.9. The molecule has 0 saturated heterocycles. The van der Waals surface area contributed by atoms with Crippen molar-refractivity contribution < 1.29 is 23.9 Å². The van der Waals surface area contributed by atoms with Gasteiger partial charge in [0.2, 0.25) is 11.7 Å². The molecule has 2 atom stereocenters. The van der Waals surface area contributed by atoms with Gasteiger partial charge >= 0.3 is 6.03 Å². The number of benzene rings is 2. The Labute approximate surface area is 222 Å². The maximum atomic E-state index is 13.0. The highest BCUT2D eigenvalue weighted by atomic mass is 35.5. The molecule has 2 aromatic rings. The zero-order chi connectivity index (χ0) is 27.4. The van der Waals surface area contributed by atoms with Crippen LogP contribution in [0.2, 0.25) is 5.02 Å². The number of halogens is 1. The van der Waals surface area contributed by atoms with Gasteiger partial charge in [-0.05, 0) is 30.4 Å². The number of nitrogens with one attached hydrogen (secondary N) is 4. The van der Waals surface area contributed by atoms with Gasteiger partial charge in [0.25, 0.3) is 5.91 Å². The third kappa shape index (κ3) is 9.42. The molecule has 200 valence electrons. The van der Waals surface area contributed by atoms with Crippen molar-refractivity contribution >= 4 is 35.2 Å². The second kappa shape index (κ2) is 14.8. The number of para-hydroxylation sites is 1. The number of hydrogen-bond donors (Lipinski definition) is 4. The molecule has 0 bridgehead atoms. The maximum Gasteiger partial charge on any atom is 0.315 e. The smallest absolute Gasteiger partial charge is 0.315 e. The summed E-state index contributed by atoms with van der Waals surface area (Å²) in [6.45, 7) is 5.86. The number of carbonyl (C=O) groups excluding carboxylic acids is 4. The lowest BCUT2D eigenvalue weighted by atomic mass is 10.0. The molecule has 2 rings (SSSR count). The minimum absolute atomic E-state index is 0.0256. The van der Waals surface area contributed by atoms with Crippen molar-refractivity contribution in [3.63, 3.8) is 0 Å². The van der Waals surface area contributed by atoms with E-state index in [1.54, 1.807) is 25.1 Å². The molecule has 0 aromatic heterocycles. The highest BCUT2D eigenvalue weighted by molar-refractivity contribution is 6.38. The number of methoxy groups -OCH3 is 1. The van der Waals surface area contributed by atoms with Crippen molar-refractivity contribution in [1.82, 2.24) is 21.3 Å². The second-order valence-electron chi connectivity index (χ2n) is 8.94. The summed E-state index contributed by atoms with van der Waals surface area (Å²) in [5.74, 6) is -1.66. The van der Waals surface area contributed by atoms with Crippen LogP contribution in [-0.2, 0) is 27.5 Å². The molecule has 4 N–H and O–H groups in total. The Morgan fingerprint density at radius 3 is 2.22 bits per heavy atom. The van der Waals surface area contributed by atoms with Crippen molar-refractivity contribution in [2.24, 2.45) is 5.92 Å². The predicted molar refractivity (Wildman–Crippen MR) is 142 cm³/mol. The first kappa shape index (κ1) is 29.6. The molecular formula is C27H35ClN4O5. The first-order chi connectivity index (χ1) is 17.7. The number of Topliss-reactive ketones (excluding diaryl/α,β-unsaturated/α-hetero) is 1. The summed E-state index contributed by atoms with van der Waals surface area (Å²) in [6.07, 6.45) is 0.559. The van der Waals surface area contributed by atoms with Crippen LogP contribution in [0, 0.1) is 5.92 Å². The SMILES string of the molecule is CC[C@H](NC(=O)[C@H](CC(C)C)NC(=O)NCc1ccccc1)C(=O)C(=O)NCc1cccc(Cl)c1OC. The van der Waals surface area contributed by atoms with Crippen LogP contribution in [0.5, 0.6) is 5.75 Å². The van der Waals surface area contributed by atoms with Gasteiger partial charge in [0.05, 0.1) is 18.2 Å². The van der Waals surface area contributed by atoms with Crippen molar-refractivity contribution in [2.45, 2.75) is 58.8 Å². The van der Waals surface area contributed by atoms with E-state index in [0.29, 0.717) is 29.3 Å². The van der Waals surface area contributed by atoms with E-state index in [1.807, 2.05) is 44.2 Å². The highest BCUT2D eigenvalue weighted by Gasteiger charge is 2.29. The lowest BCUT2D eigenvalue weighted by Crippen LogP contribution is -2.55. The summed E-state index contributed by atoms with van der Waals surface area (Å²) in [6, 6.07) is 12.0. The number of ether oxygens (including phenoxy) is 1. The van der Waals surface area contributed by atoms with Gasteiger partial charge in [0.15, 0.2) is 0 Å². The average molecular weight is 531 g/mol. The lowest BCUT2D eigenvalue weighted by molar-refractivity contribution is -0.140. The van der Waals surface area contributed by atoms with Crippen LogP contribution >= 0.6 is 11.6 Å². The van der Waals surface area contributed by atoms with E-state index in [1.165, 1.54) is 7.11 Å². The number of urea groups is 1. The normalized spacial score (nSPS) is 12.3. The first-order valence-electron chi connectivity index (χ1n) is 12.2. The summed E-state index contributed by atoms with van der Waals surface area (Å²) in [7, 11) is 1.46. The van der Waals surface area contributed by atoms with Crippen LogP contribution < -0.4 is 26.0 Å². The van der Waals surface area contributed by atoms with Gasteiger partial charge in [0.1, 0.15) is 11.8 Å². The molecule has 10 heteroatoms. The number of amides is 4. The Balaban J connectivity index is 1.98. The zero-order valence-electron chi connectivity index (χ0n) is 21.6. The summed E-state index contributed by atoms with van der Waals surface area (Å²) < 4.78 is 5.26. The number of rotatable bonds is 13. The molecule has 0 heterocycles. The van der Waals surface area contributed by atoms with Crippen LogP contribution in [0.3, 0.4) is 0 Å². The molecule has 0 aliphatic carbocycles. The van der Waals surface area contributed by atoms with Crippen molar-refractivity contribution in [1.29, 1.82) is 0 Å².